The second-order valence-corrected chi connectivity index (χ2v) is 5.61. The SMILES string of the molecule is O=C1C=C(C(c2ccccc2)C2CCCCC2)CO1. The Kier molecular flexibility index (Phi) is 3.67. The predicted octanol–water partition coefficient (Wildman–Crippen LogP) is 3.83. The first kappa shape index (κ1) is 12.5. The lowest BCUT2D eigenvalue weighted by molar-refractivity contribution is -0.134. The Morgan fingerprint density at radius 1 is 1.05 bits per heavy atom. The molecule has 0 amide bonds. The van der Waals surface area contributed by atoms with Crippen molar-refractivity contribution < 1.29 is 9.53 Å². The zero-order valence-electron chi connectivity index (χ0n) is 11.2. The van der Waals surface area contributed by atoms with Crippen molar-refractivity contribution in [2.45, 2.75) is 38.0 Å². The molecule has 3 rings (SSSR count). The number of rotatable bonds is 3. The van der Waals surface area contributed by atoms with E-state index in [4.69, 9.17) is 4.74 Å². The van der Waals surface area contributed by atoms with Crippen LogP contribution >= 0.6 is 0 Å². The van der Waals surface area contributed by atoms with E-state index in [1.165, 1.54) is 43.2 Å². The number of esters is 1. The molecule has 1 aromatic carbocycles. The topological polar surface area (TPSA) is 26.3 Å². The zero-order valence-corrected chi connectivity index (χ0v) is 11.2. The van der Waals surface area contributed by atoms with E-state index in [0.717, 1.165) is 0 Å². The maximum Gasteiger partial charge on any atom is 0.331 e. The first-order valence-corrected chi connectivity index (χ1v) is 7.27. The molecule has 2 heteroatoms. The molecule has 0 aromatic heterocycles. The second-order valence-electron chi connectivity index (χ2n) is 5.61. The highest BCUT2D eigenvalue weighted by molar-refractivity contribution is 5.85. The number of hydrogen-bond acceptors (Lipinski definition) is 2. The summed E-state index contributed by atoms with van der Waals surface area (Å²) < 4.78 is 5.13. The van der Waals surface area contributed by atoms with Crippen molar-refractivity contribution in [3.05, 3.63) is 47.5 Å². The van der Waals surface area contributed by atoms with Crippen LogP contribution in [0.1, 0.15) is 43.6 Å². The normalized spacial score (nSPS) is 21.9. The molecule has 2 nitrogen and oxygen atoms in total. The lowest BCUT2D eigenvalue weighted by Crippen LogP contribution is -2.19. The van der Waals surface area contributed by atoms with Crippen LogP contribution in [0.4, 0.5) is 0 Å². The van der Waals surface area contributed by atoms with Gasteiger partial charge >= 0.3 is 5.97 Å². The average Bonchev–Trinajstić information content (AvgIpc) is 2.88. The third-order valence-corrected chi connectivity index (χ3v) is 4.36. The number of hydrogen-bond donors (Lipinski definition) is 0. The van der Waals surface area contributed by atoms with E-state index >= 15 is 0 Å². The van der Waals surface area contributed by atoms with Crippen molar-refractivity contribution in [2.24, 2.45) is 5.92 Å². The molecule has 1 fully saturated rings. The maximum atomic E-state index is 11.4. The first-order chi connectivity index (χ1) is 9.34. The third-order valence-electron chi connectivity index (χ3n) is 4.36. The van der Waals surface area contributed by atoms with Crippen LogP contribution in [0.2, 0.25) is 0 Å². The van der Waals surface area contributed by atoms with Gasteiger partial charge in [0, 0.05) is 12.0 Å². The number of ether oxygens (including phenoxy) is 1. The van der Waals surface area contributed by atoms with Crippen molar-refractivity contribution in [1.29, 1.82) is 0 Å². The monoisotopic (exact) mass is 256 g/mol. The van der Waals surface area contributed by atoms with Crippen LogP contribution in [-0.2, 0) is 9.53 Å². The minimum absolute atomic E-state index is 0.174. The summed E-state index contributed by atoms with van der Waals surface area (Å²) in [4.78, 5) is 11.4. The van der Waals surface area contributed by atoms with E-state index in [9.17, 15) is 4.79 Å². The van der Waals surface area contributed by atoms with Gasteiger partial charge in [0.2, 0.25) is 0 Å². The Labute approximate surface area is 114 Å². The lowest BCUT2D eigenvalue weighted by atomic mass is 9.73. The minimum Gasteiger partial charge on any atom is -0.458 e. The number of carbonyl (C=O) groups excluding carboxylic acids is 1. The molecule has 0 N–H and O–H groups in total. The molecule has 1 aromatic rings. The van der Waals surface area contributed by atoms with Gasteiger partial charge in [-0.05, 0) is 29.9 Å². The quantitative estimate of drug-likeness (QED) is 0.768. The molecular weight excluding hydrogens is 236 g/mol. The summed E-state index contributed by atoms with van der Waals surface area (Å²) in [5.41, 5.74) is 2.50. The Morgan fingerprint density at radius 3 is 2.42 bits per heavy atom. The molecule has 1 unspecified atom stereocenters. The van der Waals surface area contributed by atoms with Gasteiger partial charge < -0.3 is 4.74 Å². The molecule has 0 radical (unpaired) electrons. The summed E-state index contributed by atoms with van der Waals surface area (Å²) in [7, 11) is 0. The first-order valence-electron chi connectivity index (χ1n) is 7.27. The Morgan fingerprint density at radius 2 is 1.79 bits per heavy atom. The number of carbonyl (C=O) groups is 1. The smallest absolute Gasteiger partial charge is 0.331 e. The molecular formula is C17H20O2. The van der Waals surface area contributed by atoms with Crippen molar-refractivity contribution in [3.63, 3.8) is 0 Å². The van der Waals surface area contributed by atoms with Crippen LogP contribution in [0.15, 0.2) is 42.0 Å². The Hall–Kier alpha value is -1.57. The van der Waals surface area contributed by atoms with Gasteiger partial charge in [0.25, 0.3) is 0 Å². The van der Waals surface area contributed by atoms with Crippen LogP contribution in [0, 0.1) is 5.92 Å². The van der Waals surface area contributed by atoms with Crippen LogP contribution in [0.25, 0.3) is 0 Å². The highest BCUT2D eigenvalue weighted by Crippen LogP contribution is 2.41. The van der Waals surface area contributed by atoms with Crippen LogP contribution in [0.3, 0.4) is 0 Å². The second kappa shape index (κ2) is 5.60. The maximum absolute atomic E-state index is 11.4. The number of cyclic esters (lactones) is 1. The lowest BCUT2D eigenvalue weighted by Gasteiger charge is -2.31. The molecule has 1 atom stereocenters. The third kappa shape index (κ3) is 2.73. The van der Waals surface area contributed by atoms with E-state index < -0.39 is 0 Å². The van der Waals surface area contributed by atoms with Crippen LogP contribution in [-0.4, -0.2) is 12.6 Å². The summed E-state index contributed by atoms with van der Waals surface area (Å²) in [6.07, 6.45) is 8.24. The fraction of sp³-hybridized carbons (Fsp3) is 0.471. The molecule has 19 heavy (non-hydrogen) atoms. The highest BCUT2D eigenvalue weighted by atomic mass is 16.5. The zero-order chi connectivity index (χ0) is 13.1. The highest BCUT2D eigenvalue weighted by Gasteiger charge is 2.31. The van der Waals surface area contributed by atoms with E-state index in [1.807, 2.05) is 6.07 Å². The molecule has 0 bridgehead atoms. The van der Waals surface area contributed by atoms with E-state index in [2.05, 4.69) is 24.3 Å². The average molecular weight is 256 g/mol. The van der Waals surface area contributed by atoms with Gasteiger partial charge in [-0.25, -0.2) is 4.79 Å². The van der Waals surface area contributed by atoms with Gasteiger partial charge in [-0.1, -0.05) is 49.6 Å². The molecule has 1 heterocycles. The summed E-state index contributed by atoms with van der Waals surface area (Å²) >= 11 is 0. The van der Waals surface area contributed by atoms with Gasteiger partial charge in [-0.15, -0.1) is 0 Å². The van der Waals surface area contributed by atoms with Crippen molar-refractivity contribution in [2.75, 3.05) is 6.61 Å². The molecule has 1 aliphatic carbocycles. The largest absolute Gasteiger partial charge is 0.458 e. The minimum atomic E-state index is -0.174. The molecule has 0 spiro atoms. The van der Waals surface area contributed by atoms with E-state index in [1.54, 1.807) is 6.08 Å². The summed E-state index contributed by atoms with van der Waals surface area (Å²) in [5.74, 6) is 0.858. The van der Waals surface area contributed by atoms with Gasteiger partial charge in [-0.3, -0.25) is 0 Å². The van der Waals surface area contributed by atoms with Crippen LogP contribution < -0.4 is 0 Å². The fourth-order valence-electron chi connectivity index (χ4n) is 3.49. The molecule has 1 saturated carbocycles. The Balaban J connectivity index is 1.91. The predicted molar refractivity (Wildman–Crippen MR) is 74.8 cm³/mol. The standard InChI is InChI=1S/C17H20O2/c18-16-11-15(12-19-16)17(13-7-3-1-4-8-13)14-9-5-2-6-10-14/h1,3-4,7-8,11,14,17H,2,5-6,9-10,12H2. The van der Waals surface area contributed by atoms with E-state index in [-0.39, 0.29) is 5.97 Å². The molecule has 1 aliphatic heterocycles. The Bertz CT molecular complexity index is 469. The summed E-state index contributed by atoms with van der Waals surface area (Å²) in [6, 6.07) is 10.6. The van der Waals surface area contributed by atoms with Gasteiger partial charge in [0.15, 0.2) is 0 Å². The van der Waals surface area contributed by atoms with E-state index in [0.29, 0.717) is 18.4 Å². The molecule has 100 valence electrons. The van der Waals surface area contributed by atoms with Crippen molar-refractivity contribution >= 4 is 5.97 Å². The summed E-state index contributed by atoms with van der Waals surface area (Å²) in [6.45, 7) is 0.481. The fourth-order valence-corrected chi connectivity index (χ4v) is 3.49. The van der Waals surface area contributed by atoms with Crippen molar-refractivity contribution in [1.82, 2.24) is 0 Å². The van der Waals surface area contributed by atoms with Gasteiger partial charge in [0.05, 0.1) is 0 Å². The molecule has 0 saturated heterocycles. The van der Waals surface area contributed by atoms with Gasteiger partial charge in [-0.2, -0.15) is 0 Å². The van der Waals surface area contributed by atoms with Gasteiger partial charge in [0.1, 0.15) is 6.61 Å². The molecule has 2 aliphatic rings. The van der Waals surface area contributed by atoms with Crippen molar-refractivity contribution in [3.8, 4) is 0 Å². The van der Waals surface area contributed by atoms with Crippen LogP contribution in [0.5, 0.6) is 0 Å². The number of benzene rings is 1. The summed E-state index contributed by atoms with van der Waals surface area (Å²) in [5, 5.41) is 0.